The van der Waals surface area contributed by atoms with Crippen molar-refractivity contribution in [3.8, 4) is 0 Å². The van der Waals surface area contributed by atoms with E-state index in [2.05, 4.69) is 13.0 Å². The van der Waals surface area contributed by atoms with Crippen molar-refractivity contribution in [2.24, 2.45) is 0 Å². The number of benzene rings is 2. The minimum absolute atomic E-state index is 0.326. The monoisotopic (exact) mass is 484 g/mol. The summed E-state index contributed by atoms with van der Waals surface area (Å²) in [6.45, 7) is 2.79. The minimum Gasteiger partial charge on any atom is -0.266 e. The molecule has 0 aliphatic rings. The highest BCUT2D eigenvalue weighted by molar-refractivity contribution is 7.92. The van der Waals surface area contributed by atoms with Gasteiger partial charge in [0.1, 0.15) is 0 Å². The maximum absolute atomic E-state index is 13.2. The van der Waals surface area contributed by atoms with Crippen LogP contribution in [0.3, 0.4) is 0 Å². The molecule has 2 aromatic rings. The molecule has 2 aromatic carbocycles. The first-order chi connectivity index (χ1) is 16.7. The summed E-state index contributed by atoms with van der Waals surface area (Å²) in [5.41, 5.74) is 0.733. The molecule has 4 heteroatoms. The standard InChI is InChI=1S/C30H46NO2S/c1-2-3-4-5-6-7-8-9-10-11-12-13-14-15-16-23-28-31(29-24-19-17-20-25-29)34(32,33)30-26-21-18-22-27-30/h17,19-22,24-27H,2-16,23,28H2,1H3. The van der Waals surface area contributed by atoms with Gasteiger partial charge >= 0.3 is 0 Å². The van der Waals surface area contributed by atoms with Crippen LogP contribution in [0.25, 0.3) is 0 Å². The summed E-state index contributed by atoms with van der Waals surface area (Å²) in [5, 5.41) is 0. The summed E-state index contributed by atoms with van der Waals surface area (Å²) in [6.07, 6.45) is 21.0. The molecule has 2 rings (SSSR count). The Kier molecular flexibility index (Phi) is 14.7. The summed E-state index contributed by atoms with van der Waals surface area (Å²) in [5.74, 6) is 0. The molecule has 189 valence electrons. The molecule has 0 bridgehead atoms. The van der Waals surface area contributed by atoms with Crippen LogP contribution in [0.5, 0.6) is 0 Å². The van der Waals surface area contributed by atoms with E-state index in [-0.39, 0.29) is 0 Å². The second-order valence-electron chi connectivity index (χ2n) is 9.45. The lowest BCUT2D eigenvalue weighted by Crippen LogP contribution is -2.32. The minimum atomic E-state index is -3.56. The quantitative estimate of drug-likeness (QED) is 0.176. The van der Waals surface area contributed by atoms with Gasteiger partial charge in [0, 0.05) is 6.54 Å². The predicted octanol–water partition coefficient (Wildman–Crippen LogP) is 8.94. The molecule has 0 saturated carbocycles. The number of hydrogen-bond acceptors (Lipinski definition) is 2. The van der Waals surface area contributed by atoms with Gasteiger partial charge in [-0.2, -0.15) is 0 Å². The lowest BCUT2D eigenvalue weighted by atomic mass is 10.0. The maximum atomic E-state index is 13.2. The number of para-hydroxylation sites is 1. The van der Waals surface area contributed by atoms with E-state index in [0.29, 0.717) is 11.4 Å². The molecule has 1 radical (unpaired) electrons. The number of hydrogen-bond donors (Lipinski definition) is 0. The van der Waals surface area contributed by atoms with Gasteiger partial charge in [0.2, 0.25) is 0 Å². The van der Waals surface area contributed by atoms with Gasteiger partial charge in [0.05, 0.1) is 10.6 Å². The first-order valence-electron chi connectivity index (χ1n) is 13.7. The Balaban J connectivity index is 1.59. The number of unbranched alkanes of at least 4 members (excludes halogenated alkanes) is 15. The summed E-state index contributed by atoms with van der Waals surface area (Å²) in [6, 6.07) is 18.9. The van der Waals surface area contributed by atoms with Crippen LogP contribution in [0.15, 0.2) is 59.5 Å². The SMILES string of the molecule is CCCCCCCCCCCCCCCCCCN(c1ccccc1)S(=O)(=O)c1cc[c]cc1. The van der Waals surface area contributed by atoms with Crippen molar-refractivity contribution in [3.63, 3.8) is 0 Å². The normalized spacial score (nSPS) is 11.6. The van der Waals surface area contributed by atoms with Gasteiger partial charge in [0.15, 0.2) is 0 Å². The Morgan fingerprint density at radius 1 is 0.618 bits per heavy atom. The van der Waals surface area contributed by atoms with Crippen molar-refractivity contribution >= 4 is 15.7 Å². The number of nitrogens with zero attached hydrogens (tertiary/aromatic N) is 1. The van der Waals surface area contributed by atoms with Crippen molar-refractivity contribution in [1.29, 1.82) is 0 Å². The molecule has 0 aliphatic carbocycles. The summed E-state index contributed by atoms with van der Waals surface area (Å²) >= 11 is 0. The van der Waals surface area contributed by atoms with Crippen molar-refractivity contribution in [1.82, 2.24) is 0 Å². The number of anilines is 1. The summed E-state index contributed by atoms with van der Waals surface area (Å²) in [4.78, 5) is 0.326. The maximum Gasteiger partial charge on any atom is 0.264 e. The lowest BCUT2D eigenvalue weighted by molar-refractivity contribution is 0.529. The van der Waals surface area contributed by atoms with Crippen molar-refractivity contribution in [2.75, 3.05) is 10.8 Å². The Bertz CT molecular complexity index is 837. The van der Waals surface area contributed by atoms with Gasteiger partial charge in [-0.1, -0.05) is 134 Å². The van der Waals surface area contributed by atoms with Crippen molar-refractivity contribution in [3.05, 3.63) is 60.7 Å². The van der Waals surface area contributed by atoms with E-state index in [1.54, 1.807) is 28.6 Å². The Morgan fingerprint density at radius 2 is 1.06 bits per heavy atom. The highest BCUT2D eigenvalue weighted by Gasteiger charge is 2.24. The number of sulfonamides is 1. The largest absolute Gasteiger partial charge is 0.266 e. The molecule has 0 spiro atoms. The van der Waals surface area contributed by atoms with E-state index >= 15 is 0 Å². The van der Waals surface area contributed by atoms with Gasteiger partial charge in [0.25, 0.3) is 10.0 Å². The highest BCUT2D eigenvalue weighted by atomic mass is 32.2. The number of rotatable bonds is 20. The Morgan fingerprint density at radius 3 is 1.53 bits per heavy atom. The third kappa shape index (κ3) is 11.1. The van der Waals surface area contributed by atoms with Crippen LogP contribution in [0.4, 0.5) is 5.69 Å². The third-order valence-corrected chi connectivity index (χ3v) is 8.38. The molecule has 0 fully saturated rings. The average molecular weight is 485 g/mol. The van der Waals surface area contributed by atoms with Crippen LogP contribution in [-0.4, -0.2) is 15.0 Å². The van der Waals surface area contributed by atoms with Gasteiger partial charge in [-0.05, 0) is 36.8 Å². The lowest BCUT2D eigenvalue weighted by Gasteiger charge is -2.24. The van der Waals surface area contributed by atoms with E-state index in [4.69, 9.17) is 0 Å². The zero-order valence-corrected chi connectivity index (χ0v) is 22.2. The van der Waals surface area contributed by atoms with E-state index in [1.807, 2.05) is 30.3 Å². The molecular weight excluding hydrogens is 438 g/mol. The molecular formula is C30H46NO2S. The summed E-state index contributed by atoms with van der Waals surface area (Å²) < 4.78 is 28.0. The molecule has 0 heterocycles. The second-order valence-corrected chi connectivity index (χ2v) is 11.3. The molecule has 0 aromatic heterocycles. The van der Waals surface area contributed by atoms with E-state index < -0.39 is 10.0 Å². The smallest absolute Gasteiger partial charge is 0.264 e. The van der Waals surface area contributed by atoms with Crippen LogP contribution < -0.4 is 4.31 Å². The Labute approximate surface area is 210 Å². The van der Waals surface area contributed by atoms with Crippen LogP contribution in [0, 0.1) is 6.07 Å². The highest BCUT2D eigenvalue weighted by Crippen LogP contribution is 2.24. The van der Waals surface area contributed by atoms with Crippen molar-refractivity contribution in [2.45, 2.75) is 115 Å². The first kappa shape index (κ1) is 28.4. The first-order valence-corrected chi connectivity index (χ1v) is 15.1. The van der Waals surface area contributed by atoms with Crippen LogP contribution in [0.2, 0.25) is 0 Å². The Hall–Kier alpha value is -1.81. The molecule has 0 N–H and O–H groups in total. The molecule has 0 atom stereocenters. The predicted molar refractivity (Wildman–Crippen MR) is 146 cm³/mol. The van der Waals surface area contributed by atoms with E-state index in [0.717, 1.165) is 18.5 Å². The van der Waals surface area contributed by atoms with Crippen molar-refractivity contribution < 1.29 is 8.42 Å². The molecule has 3 nitrogen and oxygen atoms in total. The van der Waals surface area contributed by atoms with Gasteiger partial charge in [-0.3, -0.25) is 4.31 Å². The van der Waals surface area contributed by atoms with Crippen LogP contribution in [-0.2, 0) is 10.0 Å². The fourth-order valence-electron chi connectivity index (χ4n) is 4.46. The average Bonchev–Trinajstić information content (AvgIpc) is 2.87. The fourth-order valence-corrected chi connectivity index (χ4v) is 5.96. The molecule has 0 unspecified atom stereocenters. The molecule has 34 heavy (non-hydrogen) atoms. The third-order valence-electron chi connectivity index (χ3n) is 6.53. The van der Waals surface area contributed by atoms with Gasteiger partial charge in [-0.15, -0.1) is 0 Å². The van der Waals surface area contributed by atoms with Gasteiger partial charge < -0.3 is 0 Å². The van der Waals surface area contributed by atoms with E-state index in [9.17, 15) is 8.42 Å². The fraction of sp³-hybridized carbons (Fsp3) is 0.600. The van der Waals surface area contributed by atoms with E-state index in [1.165, 1.54) is 89.9 Å². The summed E-state index contributed by atoms with van der Waals surface area (Å²) in [7, 11) is -3.56. The van der Waals surface area contributed by atoms with Crippen LogP contribution >= 0.6 is 0 Å². The topological polar surface area (TPSA) is 37.4 Å². The zero-order chi connectivity index (χ0) is 24.3. The van der Waals surface area contributed by atoms with Crippen LogP contribution in [0.1, 0.15) is 110 Å². The molecule has 0 aliphatic heterocycles. The molecule has 0 saturated heterocycles. The molecule has 0 amide bonds. The zero-order valence-electron chi connectivity index (χ0n) is 21.4. The van der Waals surface area contributed by atoms with Gasteiger partial charge in [-0.25, -0.2) is 8.42 Å². The second kappa shape index (κ2) is 17.6.